The number of methoxy groups -OCH3 is 1. The first-order valence-corrected chi connectivity index (χ1v) is 9.20. The molecule has 3 rings (SSSR count). The fourth-order valence-corrected chi connectivity index (χ4v) is 3.82. The minimum absolute atomic E-state index is 0.134. The summed E-state index contributed by atoms with van der Waals surface area (Å²) >= 11 is 0. The maximum Gasteiger partial charge on any atom is 0.308 e. The van der Waals surface area contributed by atoms with Crippen molar-refractivity contribution in [3.63, 3.8) is 0 Å². The molecular formula is C20H25NO5. The van der Waals surface area contributed by atoms with E-state index in [-0.39, 0.29) is 11.9 Å². The Morgan fingerprint density at radius 1 is 1.27 bits per heavy atom. The molecule has 0 bridgehead atoms. The molecule has 0 radical (unpaired) electrons. The number of nitriles is 1. The van der Waals surface area contributed by atoms with Gasteiger partial charge in [0.1, 0.15) is 0 Å². The normalized spacial score (nSPS) is 24.9. The van der Waals surface area contributed by atoms with Crippen LogP contribution in [0.1, 0.15) is 44.6 Å². The van der Waals surface area contributed by atoms with E-state index in [2.05, 4.69) is 6.07 Å². The molecule has 1 saturated carbocycles. The molecule has 0 saturated heterocycles. The molecule has 1 aromatic carbocycles. The van der Waals surface area contributed by atoms with Crippen LogP contribution in [0, 0.1) is 17.2 Å². The van der Waals surface area contributed by atoms with Gasteiger partial charge in [-0.2, -0.15) is 5.26 Å². The van der Waals surface area contributed by atoms with Gasteiger partial charge in [0.05, 0.1) is 44.3 Å². The molecule has 0 unspecified atom stereocenters. The van der Waals surface area contributed by atoms with Crippen molar-refractivity contribution in [2.75, 3.05) is 26.9 Å². The van der Waals surface area contributed by atoms with Gasteiger partial charge in [0, 0.05) is 12.0 Å². The fraction of sp³-hybridized carbons (Fsp3) is 0.600. The number of carbonyl (C=O) groups is 1. The first-order chi connectivity index (χ1) is 12.6. The number of carbonyl (C=O) groups excluding carboxylic acids is 1. The molecule has 6 nitrogen and oxygen atoms in total. The van der Waals surface area contributed by atoms with Crippen molar-refractivity contribution in [2.45, 2.75) is 44.4 Å². The minimum Gasteiger partial charge on any atom is -0.493 e. The van der Waals surface area contributed by atoms with Gasteiger partial charge in [0.2, 0.25) is 5.75 Å². The molecule has 6 heteroatoms. The lowest BCUT2D eigenvalue weighted by molar-refractivity contribution is -0.149. The van der Waals surface area contributed by atoms with E-state index in [1.165, 1.54) is 0 Å². The van der Waals surface area contributed by atoms with Gasteiger partial charge in [-0.25, -0.2) is 0 Å². The van der Waals surface area contributed by atoms with Crippen molar-refractivity contribution in [3.05, 3.63) is 17.7 Å². The summed E-state index contributed by atoms with van der Waals surface area (Å²) in [5.41, 5.74) is 0.146. The van der Waals surface area contributed by atoms with Gasteiger partial charge in [0.15, 0.2) is 11.5 Å². The summed E-state index contributed by atoms with van der Waals surface area (Å²) in [5, 5.41) is 10.0. The van der Waals surface area contributed by atoms with Gasteiger partial charge in [-0.1, -0.05) is 0 Å². The Labute approximate surface area is 154 Å². The van der Waals surface area contributed by atoms with E-state index >= 15 is 0 Å². The van der Waals surface area contributed by atoms with E-state index in [9.17, 15) is 10.1 Å². The molecule has 1 fully saturated rings. The molecule has 140 valence electrons. The number of fused-ring (bicyclic) bond motifs is 1. The molecule has 0 amide bonds. The summed E-state index contributed by atoms with van der Waals surface area (Å²) < 4.78 is 22.4. The van der Waals surface area contributed by atoms with Crippen LogP contribution in [0.3, 0.4) is 0 Å². The second-order valence-electron chi connectivity index (χ2n) is 6.74. The Hall–Kier alpha value is -2.42. The lowest BCUT2D eigenvalue weighted by Crippen LogP contribution is -2.34. The van der Waals surface area contributed by atoms with Crippen LogP contribution in [0.4, 0.5) is 0 Å². The van der Waals surface area contributed by atoms with Gasteiger partial charge >= 0.3 is 5.97 Å². The summed E-state index contributed by atoms with van der Waals surface area (Å²) in [6.45, 7) is 3.29. The largest absolute Gasteiger partial charge is 0.493 e. The quantitative estimate of drug-likeness (QED) is 0.767. The summed E-state index contributed by atoms with van der Waals surface area (Å²) in [5.74, 6) is 1.50. The smallest absolute Gasteiger partial charge is 0.308 e. The Bertz CT molecular complexity index is 701. The third-order valence-corrected chi connectivity index (χ3v) is 5.27. The summed E-state index contributed by atoms with van der Waals surface area (Å²) in [6.07, 6.45) is 3.23. The molecule has 2 aliphatic rings. The summed E-state index contributed by atoms with van der Waals surface area (Å²) in [4.78, 5) is 12.0. The molecule has 0 spiro atoms. The Kier molecular flexibility index (Phi) is 5.55. The van der Waals surface area contributed by atoms with E-state index in [1.54, 1.807) is 7.11 Å². The number of nitrogens with zero attached hydrogens (tertiary/aromatic N) is 1. The van der Waals surface area contributed by atoms with E-state index in [4.69, 9.17) is 18.9 Å². The van der Waals surface area contributed by atoms with Crippen molar-refractivity contribution >= 4 is 5.97 Å². The molecule has 0 atom stereocenters. The maximum absolute atomic E-state index is 12.0. The number of esters is 1. The average molecular weight is 359 g/mol. The lowest BCUT2D eigenvalue weighted by atomic mass is 9.67. The zero-order valence-electron chi connectivity index (χ0n) is 15.4. The fourth-order valence-electron chi connectivity index (χ4n) is 3.82. The predicted octanol–water partition coefficient (Wildman–Crippen LogP) is 3.37. The van der Waals surface area contributed by atoms with Crippen molar-refractivity contribution in [2.24, 2.45) is 5.92 Å². The molecule has 0 N–H and O–H groups in total. The summed E-state index contributed by atoms with van der Waals surface area (Å²) in [7, 11) is 1.59. The van der Waals surface area contributed by atoms with Crippen LogP contribution in [-0.2, 0) is 14.9 Å². The molecule has 1 aliphatic carbocycles. The topological polar surface area (TPSA) is 77.8 Å². The van der Waals surface area contributed by atoms with Crippen LogP contribution in [0.5, 0.6) is 17.2 Å². The maximum atomic E-state index is 12.0. The van der Waals surface area contributed by atoms with Crippen LogP contribution in [0.15, 0.2) is 12.1 Å². The van der Waals surface area contributed by atoms with Crippen LogP contribution in [-0.4, -0.2) is 32.9 Å². The molecule has 0 aromatic heterocycles. The van der Waals surface area contributed by atoms with Crippen LogP contribution in [0.25, 0.3) is 0 Å². The number of ether oxygens (including phenoxy) is 4. The van der Waals surface area contributed by atoms with E-state index in [0.717, 1.165) is 12.0 Å². The highest BCUT2D eigenvalue weighted by Crippen LogP contribution is 2.50. The first kappa shape index (κ1) is 18.4. The van der Waals surface area contributed by atoms with Crippen LogP contribution >= 0.6 is 0 Å². The van der Waals surface area contributed by atoms with Gasteiger partial charge in [0.25, 0.3) is 0 Å². The zero-order chi connectivity index (χ0) is 18.6. The third-order valence-electron chi connectivity index (χ3n) is 5.27. The van der Waals surface area contributed by atoms with Crippen molar-refractivity contribution in [3.8, 4) is 23.3 Å². The number of benzene rings is 1. The lowest BCUT2D eigenvalue weighted by Gasteiger charge is -2.35. The minimum atomic E-state index is -0.687. The van der Waals surface area contributed by atoms with E-state index < -0.39 is 5.41 Å². The van der Waals surface area contributed by atoms with Crippen molar-refractivity contribution in [1.82, 2.24) is 0 Å². The van der Waals surface area contributed by atoms with Gasteiger partial charge in [-0.15, -0.1) is 0 Å². The molecule has 1 aliphatic heterocycles. The van der Waals surface area contributed by atoms with Crippen molar-refractivity contribution in [1.29, 1.82) is 5.26 Å². The summed E-state index contributed by atoms with van der Waals surface area (Å²) in [6, 6.07) is 6.24. The van der Waals surface area contributed by atoms with Crippen LogP contribution < -0.4 is 14.2 Å². The number of hydrogen-bond donors (Lipinski definition) is 0. The second-order valence-corrected chi connectivity index (χ2v) is 6.74. The van der Waals surface area contributed by atoms with Crippen molar-refractivity contribution < 1.29 is 23.7 Å². The highest BCUT2D eigenvalue weighted by Gasteiger charge is 2.42. The first-order valence-electron chi connectivity index (χ1n) is 9.20. The number of rotatable bonds is 4. The standard InChI is InChI=1S/C20H25NO5/c1-3-24-19(22)14-7-9-20(13-21,10-8-14)15-5-6-16(23-2)18-17(15)25-11-4-12-26-18/h5-6,14H,3-4,7-12H2,1-2H3/t14-,20-. The highest BCUT2D eigenvalue weighted by atomic mass is 16.5. The van der Waals surface area contributed by atoms with Gasteiger partial charge < -0.3 is 18.9 Å². The molecule has 1 aromatic rings. The molecular weight excluding hydrogens is 334 g/mol. The third kappa shape index (κ3) is 3.31. The average Bonchev–Trinajstić information content (AvgIpc) is 2.93. The van der Waals surface area contributed by atoms with Gasteiger partial charge in [-0.3, -0.25) is 4.79 Å². The Morgan fingerprint density at radius 2 is 1.96 bits per heavy atom. The van der Waals surface area contributed by atoms with E-state index in [1.807, 2.05) is 19.1 Å². The Morgan fingerprint density at radius 3 is 2.58 bits per heavy atom. The zero-order valence-corrected chi connectivity index (χ0v) is 15.4. The predicted molar refractivity (Wildman–Crippen MR) is 94.5 cm³/mol. The molecule has 26 heavy (non-hydrogen) atoms. The highest BCUT2D eigenvalue weighted by molar-refractivity contribution is 5.72. The molecule has 1 heterocycles. The Balaban J connectivity index is 1.92. The number of hydrogen-bond acceptors (Lipinski definition) is 6. The van der Waals surface area contributed by atoms with Gasteiger partial charge in [-0.05, 0) is 44.7 Å². The SMILES string of the molecule is CCOC(=O)[C@H]1CC[C@](C#N)(c2ccc(OC)c3c2OCCCO3)CC1. The van der Waals surface area contributed by atoms with Crippen LogP contribution in [0.2, 0.25) is 0 Å². The second kappa shape index (κ2) is 7.86. The van der Waals surface area contributed by atoms with E-state index in [0.29, 0.717) is 62.8 Å². The monoisotopic (exact) mass is 359 g/mol.